The van der Waals surface area contributed by atoms with Crippen molar-refractivity contribution in [2.75, 3.05) is 58.6 Å². The summed E-state index contributed by atoms with van der Waals surface area (Å²) >= 11 is 1.97. The molecule has 4 fully saturated rings. The average molecular weight is 1120 g/mol. The zero-order valence-corrected chi connectivity index (χ0v) is 52.6. The summed E-state index contributed by atoms with van der Waals surface area (Å²) in [5, 5.41) is 7.28. The van der Waals surface area contributed by atoms with Gasteiger partial charge in [-0.05, 0) is 244 Å². The van der Waals surface area contributed by atoms with Crippen LogP contribution >= 0.6 is 11.8 Å². The van der Waals surface area contributed by atoms with E-state index >= 15 is 0 Å². The highest BCUT2D eigenvalue weighted by Gasteiger charge is 2.46. The molecule has 1 saturated carbocycles. The van der Waals surface area contributed by atoms with E-state index in [1.54, 1.807) is 13.8 Å². The lowest BCUT2D eigenvalue weighted by Crippen LogP contribution is -2.49. The van der Waals surface area contributed by atoms with Crippen LogP contribution in [0.1, 0.15) is 245 Å². The van der Waals surface area contributed by atoms with Gasteiger partial charge in [0.05, 0.1) is 18.1 Å². The van der Waals surface area contributed by atoms with Gasteiger partial charge in [-0.25, -0.2) is 0 Å². The maximum atomic E-state index is 12.4. The monoisotopic (exact) mass is 1120 g/mol. The number of likely N-dealkylation sites (tertiary alicyclic amines) is 3. The molecule has 3 spiro atoms. The molecule has 4 atom stereocenters. The Labute approximate surface area is 493 Å². The first-order chi connectivity index (χ1) is 38.5. The van der Waals surface area contributed by atoms with Gasteiger partial charge < -0.3 is 30.2 Å². The van der Waals surface area contributed by atoms with Gasteiger partial charge in [0.25, 0.3) is 0 Å². The van der Waals surface area contributed by atoms with Crippen molar-refractivity contribution in [1.29, 1.82) is 0 Å². The molecule has 2 N–H and O–H groups in total. The SMILES string of the molecule is CC(=O)N(C(C)C)[C@H]1CCC2(CCN(CCC(C)C)CC2)c2ccccc21.CCCC(CCC)N1CCC2(CC[C@H](NC(=O)C3CC3)c3ccccc32)CC1.CSC(C)CCN1CCC2(CC[C@H](NC(C)=O)c3ccccc32)CC1.[HH].[HH]. The van der Waals surface area contributed by atoms with Crippen LogP contribution in [0.2, 0.25) is 0 Å². The summed E-state index contributed by atoms with van der Waals surface area (Å²) in [4.78, 5) is 46.5. The Morgan fingerprint density at radius 3 is 1.45 bits per heavy atom. The second kappa shape index (κ2) is 28.7. The molecule has 10 heteroatoms. The summed E-state index contributed by atoms with van der Waals surface area (Å²) < 4.78 is 0. The molecule has 3 amide bonds. The van der Waals surface area contributed by atoms with Gasteiger partial charge in [0.1, 0.15) is 0 Å². The number of hydrogen-bond donors (Lipinski definition) is 2. The maximum absolute atomic E-state index is 12.4. The smallest absolute Gasteiger partial charge is 0.223 e. The molecule has 0 radical (unpaired) electrons. The van der Waals surface area contributed by atoms with E-state index in [9.17, 15) is 14.4 Å². The van der Waals surface area contributed by atoms with Crippen molar-refractivity contribution in [3.8, 4) is 0 Å². The fraction of sp³-hybridized carbons (Fsp3) is 0.700. The third kappa shape index (κ3) is 15.2. The standard InChI is InChI=1S/C25H38N2O.C24H38N2O.C21H32N2OS.2H2/c1-3-7-20(8-4-2)27-17-15-25(16-18-27)14-13-23(26-24(28)19-11-12-19)21-9-5-6-10-22(21)25;1-18(2)11-15-25-16-13-24(14-17-25)12-10-23(26(19(3)4)20(5)27)21-8-6-7-9-22(21)24;1-16(25-3)9-13-23-14-11-21(12-15-23)10-8-20(22-17(2)24)18-6-4-5-7-19(18)21;;/h5-6,9-10,19-20,23H,3-4,7-8,11-18H2,1-2H3,(H,26,28);6-9,18-19,23H,10-17H2,1-5H3;4-7,16,20H,8-15H2,1-3H3,(H,22,24);2*1H/t2*23-;16?,20-;;/m000../s1. The van der Waals surface area contributed by atoms with Crippen LogP contribution < -0.4 is 10.6 Å². The predicted molar refractivity (Wildman–Crippen MR) is 340 cm³/mol. The van der Waals surface area contributed by atoms with Crippen LogP contribution in [-0.4, -0.2) is 113 Å². The first-order valence-electron chi connectivity index (χ1n) is 32.4. The minimum absolute atomic E-state index is 0. The van der Waals surface area contributed by atoms with E-state index < -0.39 is 0 Å². The van der Waals surface area contributed by atoms with Gasteiger partial charge in [-0.1, -0.05) is 120 Å². The molecule has 446 valence electrons. The topological polar surface area (TPSA) is 88.2 Å². The van der Waals surface area contributed by atoms with Crippen molar-refractivity contribution < 1.29 is 17.2 Å². The van der Waals surface area contributed by atoms with Crippen LogP contribution in [-0.2, 0) is 30.6 Å². The van der Waals surface area contributed by atoms with Crippen LogP contribution in [0.15, 0.2) is 72.8 Å². The number of fused-ring (bicyclic) bond motifs is 6. The van der Waals surface area contributed by atoms with Gasteiger partial charge in [0.15, 0.2) is 0 Å². The fourth-order valence-electron chi connectivity index (χ4n) is 15.8. The Kier molecular flexibility index (Phi) is 22.4. The molecular formula is C70H112N6O3S. The van der Waals surface area contributed by atoms with Crippen molar-refractivity contribution in [2.45, 2.75) is 242 Å². The number of rotatable bonds is 17. The zero-order chi connectivity index (χ0) is 57.0. The van der Waals surface area contributed by atoms with Crippen LogP contribution in [0.3, 0.4) is 0 Å². The number of amides is 3. The average Bonchev–Trinajstić information content (AvgIpc) is 4.36. The Morgan fingerprint density at radius 2 is 1.01 bits per heavy atom. The van der Waals surface area contributed by atoms with Crippen LogP contribution in [0, 0.1) is 11.8 Å². The quantitative estimate of drug-likeness (QED) is 0.139. The Balaban J connectivity index is 0.000000196. The van der Waals surface area contributed by atoms with Gasteiger partial charge in [-0.15, -0.1) is 0 Å². The Morgan fingerprint density at radius 1 is 0.575 bits per heavy atom. The molecule has 80 heavy (non-hydrogen) atoms. The number of nitrogens with zero attached hydrogens (tertiary/aromatic N) is 4. The number of carbonyl (C=O) groups is 3. The van der Waals surface area contributed by atoms with Crippen LogP contribution in [0.4, 0.5) is 0 Å². The van der Waals surface area contributed by atoms with Crippen molar-refractivity contribution in [3.05, 3.63) is 106 Å². The van der Waals surface area contributed by atoms with E-state index in [-0.39, 0.29) is 44.7 Å². The van der Waals surface area contributed by atoms with E-state index in [0.717, 1.165) is 49.3 Å². The van der Waals surface area contributed by atoms with Crippen molar-refractivity contribution in [3.63, 3.8) is 0 Å². The second-order valence-corrected chi connectivity index (χ2v) is 28.1. The lowest BCUT2D eigenvalue weighted by atomic mass is 9.63. The lowest BCUT2D eigenvalue weighted by Gasteiger charge is -2.49. The van der Waals surface area contributed by atoms with Crippen LogP contribution in [0.5, 0.6) is 0 Å². The van der Waals surface area contributed by atoms with Gasteiger partial charge in [0, 0.05) is 40.0 Å². The molecule has 3 saturated heterocycles. The molecule has 7 aliphatic rings. The first kappa shape index (κ1) is 62.3. The Bertz CT molecular complexity index is 2450. The predicted octanol–water partition coefficient (Wildman–Crippen LogP) is 15.1. The number of piperidine rings is 3. The molecule has 3 heterocycles. The summed E-state index contributed by atoms with van der Waals surface area (Å²) in [5.74, 6) is 1.64. The normalized spacial score (nSPS) is 23.5. The summed E-state index contributed by atoms with van der Waals surface area (Å²) in [7, 11) is 0. The van der Waals surface area contributed by atoms with Crippen molar-refractivity contribution >= 4 is 29.5 Å². The summed E-state index contributed by atoms with van der Waals surface area (Å²) in [6, 6.07) is 28.5. The first-order valence-corrected chi connectivity index (χ1v) is 33.7. The molecule has 0 bridgehead atoms. The van der Waals surface area contributed by atoms with E-state index in [1.807, 2.05) is 11.8 Å². The number of nitrogens with one attached hydrogen (secondary N) is 2. The number of carbonyl (C=O) groups excluding carboxylic acids is 3. The van der Waals surface area contributed by atoms with Gasteiger partial charge in [-0.3, -0.25) is 14.4 Å². The highest BCUT2D eigenvalue weighted by molar-refractivity contribution is 7.99. The lowest BCUT2D eigenvalue weighted by molar-refractivity contribution is -0.134. The second-order valence-electron chi connectivity index (χ2n) is 26.8. The van der Waals surface area contributed by atoms with Crippen molar-refractivity contribution in [1.82, 2.24) is 30.2 Å². The highest BCUT2D eigenvalue weighted by atomic mass is 32.2. The van der Waals surface area contributed by atoms with Gasteiger partial charge >= 0.3 is 0 Å². The van der Waals surface area contributed by atoms with E-state index in [2.05, 4.69) is 158 Å². The van der Waals surface area contributed by atoms with Gasteiger partial charge in [-0.2, -0.15) is 11.8 Å². The van der Waals surface area contributed by atoms with Crippen LogP contribution in [0.25, 0.3) is 0 Å². The molecule has 10 rings (SSSR count). The Hall–Kier alpha value is -3.70. The highest BCUT2D eigenvalue weighted by Crippen LogP contribution is 2.52. The minimum Gasteiger partial charge on any atom is -0.350 e. The largest absolute Gasteiger partial charge is 0.350 e. The van der Waals surface area contributed by atoms with Gasteiger partial charge in [0.2, 0.25) is 17.7 Å². The summed E-state index contributed by atoms with van der Waals surface area (Å²) in [6.45, 7) is 29.0. The molecule has 0 aromatic heterocycles. The molecule has 4 aliphatic carbocycles. The molecule has 9 nitrogen and oxygen atoms in total. The number of hydrogen-bond acceptors (Lipinski definition) is 7. The van der Waals surface area contributed by atoms with E-state index in [4.69, 9.17) is 0 Å². The summed E-state index contributed by atoms with van der Waals surface area (Å²) in [6.07, 6.45) is 26.7. The molecule has 1 unspecified atom stereocenters. The van der Waals surface area contributed by atoms with Crippen molar-refractivity contribution in [2.24, 2.45) is 11.8 Å². The maximum Gasteiger partial charge on any atom is 0.223 e. The third-order valence-electron chi connectivity index (χ3n) is 20.7. The van der Waals surface area contributed by atoms with E-state index in [1.165, 1.54) is 182 Å². The fourth-order valence-corrected chi connectivity index (χ4v) is 16.1. The minimum atomic E-state index is 0. The summed E-state index contributed by atoms with van der Waals surface area (Å²) in [5.41, 5.74) is 9.69. The van der Waals surface area contributed by atoms with E-state index in [0.29, 0.717) is 22.2 Å². The molecule has 3 aromatic rings. The number of thioether (sulfide) groups is 1. The molecular weight excluding hydrogens is 1000 g/mol. The molecule has 3 aliphatic heterocycles. The third-order valence-corrected chi connectivity index (χ3v) is 21.8. The zero-order valence-electron chi connectivity index (χ0n) is 51.8. The number of benzene rings is 3. The molecule has 3 aromatic carbocycles.